The van der Waals surface area contributed by atoms with E-state index in [2.05, 4.69) is 12.2 Å². The molecule has 1 aliphatic heterocycles. The van der Waals surface area contributed by atoms with E-state index in [4.69, 9.17) is 14.7 Å². The molecule has 2 heterocycles. The zero-order chi connectivity index (χ0) is 16.6. The average molecular weight is 327 g/mol. The summed E-state index contributed by atoms with van der Waals surface area (Å²) < 4.78 is 18.8. The third-order valence-corrected chi connectivity index (χ3v) is 4.92. The molecule has 4 rings (SSSR count). The van der Waals surface area contributed by atoms with E-state index in [0.717, 1.165) is 49.4 Å². The number of fused-ring (bicyclic) bond motifs is 1. The summed E-state index contributed by atoms with van der Waals surface area (Å²) in [6.07, 6.45) is 5.30. The van der Waals surface area contributed by atoms with Gasteiger partial charge in [0.15, 0.2) is 5.82 Å². The molecule has 1 fully saturated rings. The Morgan fingerprint density at radius 1 is 1.12 bits per heavy atom. The van der Waals surface area contributed by atoms with Crippen LogP contribution in [0, 0.1) is 5.82 Å². The molecule has 0 bridgehead atoms. The van der Waals surface area contributed by atoms with Gasteiger partial charge in [0, 0.05) is 23.4 Å². The smallest absolute Gasteiger partial charge is 0.161 e. The van der Waals surface area contributed by atoms with Gasteiger partial charge in [0.2, 0.25) is 0 Å². The number of aryl methyl sites for hydroxylation is 1. The van der Waals surface area contributed by atoms with E-state index < -0.39 is 0 Å². The van der Waals surface area contributed by atoms with Crippen LogP contribution in [-0.2, 0) is 17.6 Å². The molecule has 1 unspecified atom stereocenters. The predicted octanol–water partition coefficient (Wildman–Crippen LogP) is 3.75. The van der Waals surface area contributed by atoms with Crippen LogP contribution < -0.4 is 5.32 Å². The number of aromatic nitrogens is 2. The second-order valence-corrected chi connectivity index (χ2v) is 7.02. The van der Waals surface area contributed by atoms with Crippen LogP contribution in [0.25, 0.3) is 11.4 Å². The first-order valence-corrected chi connectivity index (χ1v) is 8.65. The van der Waals surface area contributed by atoms with Gasteiger partial charge in [0.25, 0.3) is 0 Å². The molecular formula is C19H22FN3O. The number of ether oxygens (including phenoxy) is 1. The molecule has 1 aliphatic carbocycles. The molecule has 2 aliphatic rings. The van der Waals surface area contributed by atoms with Crippen LogP contribution in [0.5, 0.6) is 0 Å². The van der Waals surface area contributed by atoms with E-state index in [-0.39, 0.29) is 11.4 Å². The van der Waals surface area contributed by atoms with Crippen LogP contribution in [0.2, 0.25) is 0 Å². The lowest BCUT2D eigenvalue weighted by Gasteiger charge is -2.28. The van der Waals surface area contributed by atoms with E-state index in [1.54, 1.807) is 12.1 Å². The lowest BCUT2D eigenvalue weighted by atomic mass is 9.94. The molecule has 1 N–H and O–H groups in total. The molecule has 0 radical (unpaired) electrons. The fourth-order valence-corrected chi connectivity index (χ4v) is 3.48. The highest BCUT2D eigenvalue weighted by Crippen LogP contribution is 2.32. The summed E-state index contributed by atoms with van der Waals surface area (Å²) in [5.41, 5.74) is 3.13. The molecule has 24 heavy (non-hydrogen) atoms. The first-order valence-electron chi connectivity index (χ1n) is 8.65. The van der Waals surface area contributed by atoms with Gasteiger partial charge in [-0.2, -0.15) is 0 Å². The van der Waals surface area contributed by atoms with Crippen LogP contribution in [0.15, 0.2) is 24.3 Å². The Balaban J connectivity index is 1.75. The standard InChI is InChI=1S/C19H22FN3O/c1-19(10-11-24-12-19)23-18-15-4-2-3-5-16(15)21-17(22-18)13-6-8-14(20)9-7-13/h6-9H,2-5,10-12H2,1H3,(H,21,22,23). The van der Waals surface area contributed by atoms with Crippen molar-refractivity contribution in [3.8, 4) is 11.4 Å². The van der Waals surface area contributed by atoms with Crippen LogP contribution in [0.1, 0.15) is 37.4 Å². The van der Waals surface area contributed by atoms with Gasteiger partial charge in [-0.1, -0.05) is 0 Å². The maximum atomic E-state index is 13.2. The summed E-state index contributed by atoms with van der Waals surface area (Å²) in [7, 11) is 0. The Morgan fingerprint density at radius 2 is 1.92 bits per heavy atom. The summed E-state index contributed by atoms with van der Waals surface area (Å²) in [6, 6.07) is 6.39. The minimum absolute atomic E-state index is 0.0837. The summed E-state index contributed by atoms with van der Waals surface area (Å²) >= 11 is 0. The lowest BCUT2D eigenvalue weighted by molar-refractivity contribution is 0.185. The normalized spacial score (nSPS) is 23.1. The molecule has 0 saturated carbocycles. The molecule has 1 atom stereocenters. The van der Waals surface area contributed by atoms with Gasteiger partial charge in [-0.3, -0.25) is 0 Å². The van der Waals surface area contributed by atoms with E-state index >= 15 is 0 Å². The van der Waals surface area contributed by atoms with Crippen molar-refractivity contribution in [1.29, 1.82) is 0 Å². The highest BCUT2D eigenvalue weighted by molar-refractivity contribution is 5.61. The zero-order valence-electron chi connectivity index (χ0n) is 13.9. The highest BCUT2D eigenvalue weighted by Gasteiger charge is 2.31. The molecule has 2 aromatic rings. The van der Waals surface area contributed by atoms with E-state index in [9.17, 15) is 4.39 Å². The quantitative estimate of drug-likeness (QED) is 0.932. The van der Waals surface area contributed by atoms with Crippen molar-refractivity contribution in [2.24, 2.45) is 0 Å². The second kappa shape index (κ2) is 6.13. The van der Waals surface area contributed by atoms with Crippen molar-refractivity contribution in [2.45, 2.75) is 44.6 Å². The predicted molar refractivity (Wildman–Crippen MR) is 91.5 cm³/mol. The van der Waals surface area contributed by atoms with Gasteiger partial charge in [0.1, 0.15) is 11.6 Å². The fourth-order valence-electron chi connectivity index (χ4n) is 3.48. The number of halogens is 1. The molecule has 126 valence electrons. The number of hydrogen-bond acceptors (Lipinski definition) is 4. The van der Waals surface area contributed by atoms with Gasteiger partial charge in [-0.05, 0) is 63.3 Å². The van der Waals surface area contributed by atoms with Gasteiger partial charge in [-0.15, -0.1) is 0 Å². The Morgan fingerprint density at radius 3 is 2.67 bits per heavy atom. The van der Waals surface area contributed by atoms with Crippen molar-refractivity contribution < 1.29 is 9.13 Å². The molecular weight excluding hydrogens is 305 g/mol. The number of nitrogens with zero attached hydrogens (tertiary/aromatic N) is 2. The maximum absolute atomic E-state index is 13.2. The number of hydrogen-bond donors (Lipinski definition) is 1. The average Bonchev–Trinajstić information content (AvgIpc) is 3.01. The third-order valence-electron chi connectivity index (χ3n) is 4.92. The van der Waals surface area contributed by atoms with Crippen molar-refractivity contribution >= 4 is 5.82 Å². The summed E-state index contributed by atoms with van der Waals surface area (Å²) in [4.78, 5) is 9.56. The zero-order valence-corrected chi connectivity index (χ0v) is 13.9. The monoisotopic (exact) mass is 327 g/mol. The van der Waals surface area contributed by atoms with Crippen LogP contribution in [0.3, 0.4) is 0 Å². The number of nitrogens with one attached hydrogen (secondary N) is 1. The summed E-state index contributed by atoms with van der Waals surface area (Å²) in [6.45, 7) is 3.65. The van der Waals surface area contributed by atoms with Gasteiger partial charge >= 0.3 is 0 Å². The minimum atomic E-state index is -0.245. The lowest BCUT2D eigenvalue weighted by Crippen LogP contribution is -2.36. The number of anilines is 1. The first-order chi connectivity index (χ1) is 11.6. The van der Waals surface area contributed by atoms with Crippen molar-refractivity contribution in [3.63, 3.8) is 0 Å². The van der Waals surface area contributed by atoms with Crippen LogP contribution in [0.4, 0.5) is 10.2 Å². The SMILES string of the molecule is CC1(Nc2nc(-c3ccc(F)cc3)nc3c2CCCC3)CCOC1. The van der Waals surface area contributed by atoms with Gasteiger partial charge in [0.05, 0.1) is 12.1 Å². The highest BCUT2D eigenvalue weighted by atomic mass is 19.1. The van der Waals surface area contributed by atoms with E-state index in [1.165, 1.54) is 24.1 Å². The van der Waals surface area contributed by atoms with E-state index in [0.29, 0.717) is 12.4 Å². The Kier molecular flexibility index (Phi) is 3.96. The molecule has 0 spiro atoms. The second-order valence-electron chi connectivity index (χ2n) is 7.02. The maximum Gasteiger partial charge on any atom is 0.161 e. The number of benzene rings is 1. The molecule has 1 saturated heterocycles. The molecule has 1 aromatic heterocycles. The van der Waals surface area contributed by atoms with Crippen LogP contribution in [-0.4, -0.2) is 28.7 Å². The van der Waals surface area contributed by atoms with Crippen molar-refractivity contribution in [3.05, 3.63) is 41.3 Å². The number of rotatable bonds is 3. The minimum Gasteiger partial charge on any atom is -0.379 e. The first kappa shape index (κ1) is 15.5. The third kappa shape index (κ3) is 3.00. The fraction of sp³-hybridized carbons (Fsp3) is 0.474. The topological polar surface area (TPSA) is 47.0 Å². The van der Waals surface area contributed by atoms with Gasteiger partial charge in [-0.25, -0.2) is 14.4 Å². The Bertz CT molecular complexity index is 739. The summed E-state index contributed by atoms with van der Waals surface area (Å²) in [5, 5.41) is 3.62. The van der Waals surface area contributed by atoms with Crippen LogP contribution >= 0.6 is 0 Å². The van der Waals surface area contributed by atoms with Gasteiger partial charge < -0.3 is 10.1 Å². The summed E-state index contributed by atoms with van der Waals surface area (Å²) in [5.74, 6) is 1.35. The molecule has 4 nitrogen and oxygen atoms in total. The Labute approximate surface area is 141 Å². The largest absolute Gasteiger partial charge is 0.379 e. The van der Waals surface area contributed by atoms with Crippen molar-refractivity contribution in [1.82, 2.24) is 9.97 Å². The molecule has 0 amide bonds. The van der Waals surface area contributed by atoms with Crippen molar-refractivity contribution in [2.75, 3.05) is 18.5 Å². The molecule has 1 aromatic carbocycles. The Hall–Kier alpha value is -2.01. The molecule has 5 heteroatoms. The van der Waals surface area contributed by atoms with E-state index in [1.807, 2.05) is 0 Å².